The van der Waals surface area contributed by atoms with Crippen LogP contribution >= 0.6 is 0 Å². The van der Waals surface area contributed by atoms with E-state index in [0.717, 1.165) is 35.9 Å². The van der Waals surface area contributed by atoms with Gasteiger partial charge in [0.25, 0.3) is 0 Å². The number of aromatic nitrogens is 2. The molecule has 2 heterocycles. The molecule has 0 aliphatic carbocycles. The molecule has 2 aromatic rings. The van der Waals surface area contributed by atoms with Gasteiger partial charge in [-0.15, -0.1) is 0 Å². The van der Waals surface area contributed by atoms with Gasteiger partial charge in [-0.3, -0.25) is 4.68 Å². The summed E-state index contributed by atoms with van der Waals surface area (Å²) in [6.07, 6.45) is 3.00. The van der Waals surface area contributed by atoms with Crippen LogP contribution in [0.5, 0.6) is 0 Å². The lowest BCUT2D eigenvalue weighted by Crippen LogP contribution is -2.41. The molecular weight excluding hydrogens is 301 g/mol. The maximum absolute atomic E-state index is 6.17. The molecule has 1 aliphatic rings. The molecule has 0 amide bonds. The first-order chi connectivity index (χ1) is 11.2. The predicted octanol–water partition coefficient (Wildman–Crippen LogP) is 2.29. The van der Waals surface area contributed by atoms with Gasteiger partial charge in [0, 0.05) is 11.9 Å². The maximum atomic E-state index is 6.17. The second kappa shape index (κ2) is 6.17. The third kappa shape index (κ3) is 3.23. The third-order valence-electron chi connectivity index (χ3n) is 5.17. The van der Waals surface area contributed by atoms with Crippen LogP contribution in [0.25, 0.3) is 10.9 Å². The summed E-state index contributed by atoms with van der Waals surface area (Å²) in [5.74, 6) is 0. The van der Waals surface area contributed by atoms with Crippen molar-refractivity contribution in [3.05, 3.63) is 24.4 Å². The Kier molecular flexibility index (Phi) is 4.49. The van der Waals surface area contributed by atoms with Crippen molar-refractivity contribution >= 4 is 23.5 Å². The fraction of sp³-hybridized carbons (Fsp3) is 0.611. The summed E-state index contributed by atoms with van der Waals surface area (Å²) in [5.41, 5.74) is 1.55. The number of benzene rings is 1. The van der Waals surface area contributed by atoms with Gasteiger partial charge in [0.15, 0.2) is 0 Å². The van der Waals surface area contributed by atoms with E-state index in [1.165, 1.54) is 0 Å². The molecule has 24 heavy (non-hydrogen) atoms. The summed E-state index contributed by atoms with van der Waals surface area (Å²) in [5, 5.41) is 5.69. The molecule has 6 heteroatoms. The van der Waals surface area contributed by atoms with Gasteiger partial charge in [-0.05, 0) is 66.3 Å². The number of hydrogen-bond acceptors (Lipinski definition) is 4. The van der Waals surface area contributed by atoms with Crippen LogP contribution in [0.2, 0.25) is 0 Å². The van der Waals surface area contributed by atoms with Crippen LogP contribution in [-0.2, 0) is 15.9 Å². The lowest BCUT2D eigenvalue weighted by Gasteiger charge is -2.32. The van der Waals surface area contributed by atoms with E-state index >= 15 is 0 Å². The zero-order chi connectivity index (χ0) is 17.5. The first kappa shape index (κ1) is 17.5. The van der Waals surface area contributed by atoms with Gasteiger partial charge in [0.2, 0.25) is 0 Å². The van der Waals surface area contributed by atoms with Crippen LogP contribution in [0.15, 0.2) is 24.4 Å². The number of nitrogens with zero attached hydrogens (tertiary/aromatic N) is 3. The van der Waals surface area contributed by atoms with Crippen LogP contribution in [0.3, 0.4) is 0 Å². The predicted molar refractivity (Wildman–Crippen MR) is 98.6 cm³/mol. The van der Waals surface area contributed by atoms with Crippen molar-refractivity contribution < 1.29 is 9.31 Å². The average molecular weight is 329 g/mol. The molecule has 1 aromatic heterocycles. The number of fused-ring (bicyclic) bond motifs is 1. The van der Waals surface area contributed by atoms with E-state index in [2.05, 4.69) is 74.7 Å². The van der Waals surface area contributed by atoms with Gasteiger partial charge in [0.1, 0.15) is 0 Å². The standard InChI is InChI=1S/C18H28BN3O2/c1-17(2)18(3,4)24-19(23-17)15-9-8-14-13-20-22(16(14)12-15)11-7-10-21(5)6/h8-9,12-13H,7,10-11H2,1-6H3. The van der Waals surface area contributed by atoms with Crippen LogP contribution in [0, 0.1) is 0 Å². The maximum Gasteiger partial charge on any atom is 0.494 e. The Morgan fingerprint density at radius 2 is 1.79 bits per heavy atom. The summed E-state index contributed by atoms with van der Waals surface area (Å²) < 4.78 is 14.4. The van der Waals surface area contributed by atoms with Gasteiger partial charge >= 0.3 is 7.12 Å². The Labute approximate surface area is 145 Å². The van der Waals surface area contributed by atoms with Crippen LogP contribution in [-0.4, -0.2) is 53.6 Å². The van der Waals surface area contributed by atoms with Crippen molar-refractivity contribution in [3.63, 3.8) is 0 Å². The molecule has 0 saturated carbocycles. The van der Waals surface area contributed by atoms with E-state index in [4.69, 9.17) is 9.31 Å². The molecule has 130 valence electrons. The zero-order valence-corrected chi connectivity index (χ0v) is 15.7. The Balaban J connectivity index is 1.83. The molecule has 0 radical (unpaired) electrons. The molecule has 5 nitrogen and oxygen atoms in total. The van der Waals surface area contributed by atoms with Crippen LogP contribution in [0.1, 0.15) is 34.1 Å². The molecule has 0 atom stereocenters. The molecule has 1 fully saturated rings. The first-order valence-corrected chi connectivity index (χ1v) is 8.65. The van der Waals surface area contributed by atoms with Crippen molar-refractivity contribution in [3.8, 4) is 0 Å². The van der Waals surface area contributed by atoms with Crippen molar-refractivity contribution in [2.24, 2.45) is 0 Å². The topological polar surface area (TPSA) is 39.5 Å². The van der Waals surface area contributed by atoms with Crippen LogP contribution in [0.4, 0.5) is 0 Å². The molecule has 1 aromatic carbocycles. The minimum Gasteiger partial charge on any atom is -0.399 e. The largest absolute Gasteiger partial charge is 0.494 e. The number of hydrogen-bond donors (Lipinski definition) is 0. The molecule has 1 aliphatic heterocycles. The van der Waals surface area contributed by atoms with Gasteiger partial charge < -0.3 is 14.2 Å². The summed E-state index contributed by atoms with van der Waals surface area (Å²) in [4.78, 5) is 2.20. The summed E-state index contributed by atoms with van der Waals surface area (Å²) in [7, 11) is 3.86. The molecule has 3 rings (SSSR count). The zero-order valence-electron chi connectivity index (χ0n) is 15.7. The van der Waals surface area contributed by atoms with Crippen molar-refractivity contribution in [2.75, 3.05) is 20.6 Å². The second-order valence-corrected chi connectivity index (χ2v) is 7.93. The quantitative estimate of drug-likeness (QED) is 0.789. The van der Waals surface area contributed by atoms with E-state index in [-0.39, 0.29) is 18.3 Å². The summed E-state index contributed by atoms with van der Waals surface area (Å²) in [6, 6.07) is 6.33. The average Bonchev–Trinajstić information content (AvgIpc) is 2.97. The van der Waals surface area contributed by atoms with Gasteiger partial charge in [0.05, 0.1) is 22.9 Å². The molecule has 0 unspecified atom stereocenters. The summed E-state index contributed by atoms with van der Waals surface area (Å²) >= 11 is 0. The minimum absolute atomic E-state index is 0.321. The Morgan fingerprint density at radius 3 is 2.42 bits per heavy atom. The van der Waals surface area contributed by atoms with E-state index in [0.29, 0.717) is 0 Å². The first-order valence-electron chi connectivity index (χ1n) is 8.65. The molecule has 0 N–H and O–H groups in total. The highest BCUT2D eigenvalue weighted by molar-refractivity contribution is 6.62. The fourth-order valence-corrected chi connectivity index (χ4v) is 2.93. The molecule has 0 spiro atoms. The Morgan fingerprint density at radius 1 is 1.12 bits per heavy atom. The van der Waals surface area contributed by atoms with Crippen molar-refractivity contribution in [2.45, 2.75) is 51.9 Å². The highest BCUT2D eigenvalue weighted by atomic mass is 16.7. The smallest absolute Gasteiger partial charge is 0.399 e. The molecule has 1 saturated heterocycles. The monoisotopic (exact) mass is 329 g/mol. The Hall–Kier alpha value is -1.37. The second-order valence-electron chi connectivity index (χ2n) is 7.93. The highest BCUT2D eigenvalue weighted by Crippen LogP contribution is 2.36. The van der Waals surface area contributed by atoms with Crippen LogP contribution < -0.4 is 5.46 Å². The number of aryl methyl sites for hydroxylation is 1. The number of rotatable bonds is 5. The van der Waals surface area contributed by atoms with E-state index in [1.807, 2.05) is 6.20 Å². The minimum atomic E-state index is -0.329. The van der Waals surface area contributed by atoms with E-state index < -0.39 is 0 Å². The van der Waals surface area contributed by atoms with Gasteiger partial charge in [-0.2, -0.15) is 5.10 Å². The Bertz CT molecular complexity index is 708. The highest BCUT2D eigenvalue weighted by Gasteiger charge is 2.51. The van der Waals surface area contributed by atoms with E-state index in [9.17, 15) is 0 Å². The third-order valence-corrected chi connectivity index (χ3v) is 5.17. The SMILES string of the molecule is CN(C)CCCn1ncc2ccc(B3OC(C)(C)C(C)(C)O3)cc21. The van der Waals surface area contributed by atoms with E-state index in [1.54, 1.807) is 0 Å². The lowest BCUT2D eigenvalue weighted by molar-refractivity contribution is 0.00578. The van der Waals surface area contributed by atoms with Crippen molar-refractivity contribution in [1.29, 1.82) is 0 Å². The normalized spacial score (nSPS) is 19.5. The lowest BCUT2D eigenvalue weighted by atomic mass is 9.79. The van der Waals surface area contributed by atoms with Crippen molar-refractivity contribution in [1.82, 2.24) is 14.7 Å². The molecular formula is C18H28BN3O2. The fourth-order valence-electron chi connectivity index (χ4n) is 2.93. The van der Waals surface area contributed by atoms with Gasteiger partial charge in [-0.25, -0.2) is 0 Å². The molecule has 0 bridgehead atoms. The summed E-state index contributed by atoms with van der Waals surface area (Å²) in [6.45, 7) is 10.3. The van der Waals surface area contributed by atoms with Gasteiger partial charge in [-0.1, -0.05) is 12.1 Å².